The van der Waals surface area contributed by atoms with Crippen LogP contribution in [0.25, 0.3) is 16.9 Å². The summed E-state index contributed by atoms with van der Waals surface area (Å²) < 4.78 is 40.9. The first-order valence-corrected chi connectivity index (χ1v) is 12.1. The van der Waals surface area contributed by atoms with Crippen LogP contribution in [0.3, 0.4) is 0 Å². The van der Waals surface area contributed by atoms with Gasteiger partial charge in [0.15, 0.2) is 5.69 Å². The number of hydrogen-bond donors (Lipinski definition) is 3. The molecule has 4 rings (SSSR count). The summed E-state index contributed by atoms with van der Waals surface area (Å²) in [6.45, 7) is 0.952. The van der Waals surface area contributed by atoms with Crippen LogP contribution < -0.4 is 10.7 Å². The SMILES string of the molecule is O=C(O)NCc1c(C(=O)NN2CCCCC2)nn(-c2ccc(Cl)cc2Cl)c1-c1ccc(C(F)(F)F)cc1. The Balaban J connectivity index is 1.89. The third-order valence-corrected chi connectivity index (χ3v) is 6.39. The normalized spacial score (nSPS) is 14.4. The molecule has 0 unspecified atom stereocenters. The fraction of sp³-hybridized carbons (Fsp3) is 0.292. The number of hydrazine groups is 1. The molecule has 1 aliphatic rings. The third kappa shape index (κ3) is 6.17. The van der Waals surface area contributed by atoms with Gasteiger partial charge in [0.2, 0.25) is 0 Å². The number of benzene rings is 2. The van der Waals surface area contributed by atoms with E-state index in [9.17, 15) is 27.9 Å². The predicted molar refractivity (Wildman–Crippen MR) is 132 cm³/mol. The third-order valence-electron chi connectivity index (χ3n) is 5.85. The van der Waals surface area contributed by atoms with Gasteiger partial charge >= 0.3 is 12.3 Å². The number of piperidine rings is 1. The summed E-state index contributed by atoms with van der Waals surface area (Å²) in [6, 6.07) is 8.82. The Morgan fingerprint density at radius 2 is 1.70 bits per heavy atom. The van der Waals surface area contributed by atoms with Crippen molar-refractivity contribution in [3.05, 3.63) is 69.3 Å². The van der Waals surface area contributed by atoms with Crippen LogP contribution in [0.5, 0.6) is 0 Å². The lowest BCUT2D eigenvalue weighted by atomic mass is 10.0. The number of alkyl halides is 3. The zero-order valence-electron chi connectivity index (χ0n) is 19.3. The van der Waals surface area contributed by atoms with Gasteiger partial charge in [0, 0.05) is 29.2 Å². The van der Waals surface area contributed by atoms with E-state index in [1.165, 1.54) is 22.9 Å². The highest BCUT2D eigenvalue weighted by atomic mass is 35.5. The Morgan fingerprint density at radius 1 is 1.03 bits per heavy atom. The molecule has 2 aromatic carbocycles. The number of nitrogens with one attached hydrogen (secondary N) is 2. The lowest BCUT2D eigenvalue weighted by Crippen LogP contribution is -2.45. The van der Waals surface area contributed by atoms with E-state index >= 15 is 0 Å². The molecule has 13 heteroatoms. The minimum atomic E-state index is -4.55. The Labute approximate surface area is 219 Å². The maximum Gasteiger partial charge on any atom is 0.416 e. The standard InChI is InChI=1S/C24H22Cl2F3N5O3/c25-16-8-9-19(18(26)12-16)34-21(14-4-6-15(7-5-14)24(27,28)29)17(13-30-23(36)37)20(31-34)22(35)32-33-10-2-1-3-11-33/h4-9,12,30H,1-3,10-11,13H2,(H,32,35)(H,36,37). The number of carbonyl (C=O) groups is 2. The van der Waals surface area contributed by atoms with Gasteiger partial charge in [-0.2, -0.15) is 18.3 Å². The van der Waals surface area contributed by atoms with Crippen LogP contribution in [0.15, 0.2) is 42.5 Å². The Hall–Kier alpha value is -3.28. The minimum absolute atomic E-state index is 0.0970. The van der Waals surface area contributed by atoms with Crippen molar-refractivity contribution < 1.29 is 27.9 Å². The van der Waals surface area contributed by atoms with Crippen molar-refractivity contribution >= 4 is 35.2 Å². The molecule has 1 saturated heterocycles. The smallest absolute Gasteiger partial charge is 0.416 e. The van der Waals surface area contributed by atoms with Gasteiger partial charge in [0.1, 0.15) is 0 Å². The summed E-state index contributed by atoms with van der Waals surface area (Å²) in [6.07, 6.45) is -3.05. The first-order valence-electron chi connectivity index (χ1n) is 11.3. The van der Waals surface area contributed by atoms with Crippen molar-refractivity contribution in [2.45, 2.75) is 32.0 Å². The molecule has 0 atom stereocenters. The van der Waals surface area contributed by atoms with Crippen LogP contribution in [0.2, 0.25) is 10.0 Å². The second-order valence-corrected chi connectivity index (χ2v) is 9.25. The van der Waals surface area contributed by atoms with Crippen molar-refractivity contribution in [3.63, 3.8) is 0 Å². The van der Waals surface area contributed by atoms with Gasteiger partial charge < -0.3 is 10.4 Å². The maximum absolute atomic E-state index is 13.3. The monoisotopic (exact) mass is 555 g/mol. The molecular weight excluding hydrogens is 534 g/mol. The lowest BCUT2D eigenvalue weighted by molar-refractivity contribution is -0.137. The Bertz CT molecular complexity index is 1310. The van der Waals surface area contributed by atoms with Crippen LogP contribution in [-0.4, -0.2) is 45.0 Å². The summed E-state index contributed by atoms with van der Waals surface area (Å²) in [5.41, 5.74) is 2.78. The second-order valence-electron chi connectivity index (χ2n) is 8.41. The van der Waals surface area contributed by atoms with Gasteiger partial charge in [-0.1, -0.05) is 41.8 Å². The van der Waals surface area contributed by atoms with E-state index in [0.29, 0.717) is 23.8 Å². The molecule has 1 aliphatic heterocycles. The average molecular weight is 556 g/mol. The summed E-state index contributed by atoms with van der Waals surface area (Å²) in [4.78, 5) is 24.7. The molecule has 37 heavy (non-hydrogen) atoms. The quantitative estimate of drug-likeness (QED) is 0.359. The first kappa shape index (κ1) is 26.8. The molecule has 1 fully saturated rings. The molecule has 0 bridgehead atoms. The summed E-state index contributed by atoms with van der Waals surface area (Å²) in [5.74, 6) is -0.582. The number of nitrogens with zero attached hydrogens (tertiary/aromatic N) is 3. The molecule has 0 radical (unpaired) electrons. The van der Waals surface area contributed by atoms with E-state index in [2.05, 4.69) is 15.8 Å². The van der Waals surface area contributed by atoms with Crippen LogP contribution in [0, 0.1) is 0 Å². The van der Waals surface area contributed by atoms with Gasteiger partial charge in [0.05, 0.1) is 28.5 Å². The molecule has 3 aromatic rings. The number of carbonyl (C=O) groups excluding carboxylic acids is 1. The molecule has 3 N–H and O–H groups in total. The van der Waals surface area contributed by atoms with Crippen LogP contribution in [0.1, 0.15) is 40.9 Å². The molecule has 1 aromatic heterocycles. The summed E-state index contributed by atoms with van der Waals surface area (Å²) in [5, 5.41) is 18.2. The molecule has 0 spiro atoms. The number of rotatable bonds is 6. The lowest BCUT2D eigenvalue weighted by Gasteiger charge is -2.26. The number of amides is 2. The van der Waals surface area contributed by atoms with Gasteiger partial charge in [-0.3, -0.25) is 10.2 Å². The second kappa shape index (κ2) is 11.0. The predicted octanol–water partition coefficient (Wildman–Crippen LogP) is 5.76. The van der Waals surface area contributed by atoms with Crippen molar-refractivity contribution in [3.8, 4) is 16.9 Å². The first-order chi connectivity index (χ1) is 17.5. The summed E-state index contributed by atoms with van der Waals surface area (Å²) in [7, 11) is 0. The number of aromatic nitrogens is 2. The number of hydrogen-bond acceptors (Lipinski definition) is 4. The van der Waals surface area contributed by atoms with Gasteiger partial charge in [0.25, 0.3) is 5.91 Å². The number of carboxylic acid groups (broad SMARTS) is 1. The average Bonchev–Trinajstić information content (AvgIpc) is 3.22. The van der Waals surface area contributed by atoms with E-state index in [1.807, 2.05) is 0 Å². The minimum Gasteiger partial charge on any atom is -0.465 e. The van der Waals surface area contributed by atoms with E-state index < -0.39 is 23.7 Å². The fourth-order valence-corrected chi connectivity index (χ4v) is 4.60. The van der Waals surface area contributed by atoms with E-state index in [-0.39, 0.29) is 34.1 Å². The van der Waals surface area contributed by atoms with Crippen LogP contribution in [-0.2, 0) is 12.7 Å². The Morgan fingerprint density at radius 3 is 2.30 bits per heavy atom. The van der Waals surface area contributed by atoms with Gasteiger partial charge in [-0.25, -0.2) is 14.5 Å². The molecule has 0 aliphatic carbocycles. The molecular formula is C24H22Cl2F3N5O3. The maximum atomic E-state index is 13.3. The largest absolute Gasteiger partial charge is 0.465 e. The Kier molecular flexibility index (Phi) is 7.96. The molecule has 8 nitrogen and oxygen atoms in total. The fourth-order valence-electron chi connectivity index (χ4n) is 4.11. The van der Waals surface area contributed by atoms with E-state index in [1.54, 1.807) is 17.1 Å². The molecule has 2 heterocycles. The van der Waals surface area contributed by atoms with Gasteiger partial charge in [-0.15, -0.1) is 0 Å². The van der Waals surface area contributed by atoms with Crippen molar-refractivity contribution in [2.75, 3.05) is 13.1 Å². The molecule has 196 valence electrons. The van der Waals surface area contributed by atoms with Crippen molar-refractivity contribution in [1.82, 2.24) is 25.5 Å². The summed E-state index contributed by atoms with van der Waals surface area (Å²) >= 11 is 12.5. The molecule has 0 saturated carbocycles. The zero-order chi connectivity index (χ0) is 26.7. The van der Waals surface area contributed by atoms with Crippen LogP contribution >= 0.6 is 23.2 Å². The van der Waals surface area contributed by atoms with Crippen LogP contribution in [0.4, 0.5) is 18.0 Å². The van der Waals surface area contributed by atoms with E-state index in [4.69, 9.17) is 23.2 Å². The zero-order valence-corrected chi connectivity index (χ0v) is 20.8. The highest BCUT2D eigenvalue weighted by Gasteiger charge is 2.31. The van der Waals surface area contributed by atoms with Gasteiger partial charge in [-0.05, 0) is 43.2 Å². The number of halogens is 5. The molecule has 2 amide bonds. The van der Waals surface area contributed by atoms with E-state index in [0.717, 1.165) is 31.4 Å². The highest BCUT2D eigenvalue weighted by Crippen LogP contribution is 2.35. The topological polar surface area (TPSA) is 99.5 Å². The van der Waals surface area contributed by atoms with Crippen molar-refractivity contribution in [2.24, 2.45) is 0 Å². The highest BCUT2D eigenvalue weighted by molar-refractivity contribution is 6.35. The van der Waals surface area contributed by atoms with Crippen molar-refractivity contribution in [1.29, 1.82) is 0 Å².